The molecule has 0 saturated heterocycles. The van der Waals surface area contributed by atoms with Crippen LogP contribution >= 0.6 is 0 Å². The van der Waals surface area contributed by atoms with Gasteiger partial charge in [-0.3, -0.25) is 0 Å². The summed E-state index contributed by atoms with van der Waals surface area (Å²) in [6, 6.07) is 11.7. The number of benzene rings is 1. The van der Waals surface area contributed by atoms with Crippen LogP contribution in [0.15, 0.2) is 61.7 Å². The van der Waals surface area contributed by atoms with E-state index >= 15 is 0 Å². The fourth-order valence-electron chi connectivity index (χ4n) is 0.892. The zero-order valence-corrected chi connectivity index (χ0v) is 10.3. The van der Waals surface area contributed by atoms with Crippen molar-refractivity contribution in [2.45, 2.75) is 0 Å². The van der Waals surface area contributed by atoms with Crippen LogP contribution in [0.5, 0.6) is 0 Å². The van der Waals surface area contributed by atoms with Gasteiger partial charge < -0.3 is 4.74 Å². The molecule has 1 heterocycles. The van der Waals surface area contributed by atoms with E-state index in [9.17, 15) is 9.59 Å². The van der Waals surface area contributed by atoms with Gasteiger partial charge in [-0.15, -0.1) is 0 Å². The average Bonchev–Trinajstić information content (AvgIpc) is 2.84. The maximum Gasteiger partial charge on any atom is 0.338 e. The number of esters is 2. The summed E-state index contributed by atoms with van der Waals surface area (Å²) in [4.78, 5) is 19.8. The van der Waals surface area contributed by atoms with Gasteiger partial charge in [0.25, 0.3) is 0 Å². The number of nitriles is 1. The van der Waals surface area contributed by atoms with E-state index in [1.54, 1.807) is 6.07 Å². The molecule has 0 aliphatic carbocycles. The quantitative estimate of drug-likeness (QED) is 0.439. The lowest BCUT2D eigenvalue weighted by atomic mass is 10.2. The molecule has 0 amide bonds. The number of nitrogens with zero attached hydrogens (tertiary/aromatic N) is 1. The van der Waals surface area contributed by atoms with Crippen molar-refractivity contribution in [3.63, 3.8) is 0 Å². The van der Waals surface area contributed by atoms with Gasteiger partial charge in [0.1, 0.15) is 0 Å². The van der Waals surface area contributed by atoms with E-state index in [0.29, 0.717) is 0 Å². The highest BCUT2D eigenvalue weighted by Crippen LogP contribution is 1.97. The Morgan fingerprint density at radius 3 is 1.74 bits per heavy atom. The van der Waals surface area contributed by atoms with Crippen molar-refractivity contribution < 1.29 is 14.3 Å². The molecule has 1 aliphatic heterocycles. The van der Waals surface area contributed by atoms with Crippen molar-refractivity contribution in [2.75, 3.05) is 0 Å². The summed E-state index contributed by atoms with van der Waals surface area (Å²) in [6.45, 7) is 6.75. The molecule has 1 aromatic rings. The third-order valence-electron chi connectivity index (χ3n) is 1.68. The zero-order valence-electron chi connectivity index (χ0n) is 10.3. The van der Waals surface area contributed by atoms with Crippen LogP contribution in [-0.2, 0) is 14.3 Å². The van der Waals surface area contributed by atoms with Gasteiger partial charge in [-0.05, 0) is 5.56 Å². The van der Waals surface area contributed by atoms with Crippen molar-refractivity contribution in [3.05, 3.63) is 67.3 Å². The molecule has 0 saturated carbocycles. The third-order valence-corrected chi connectivity index (χ3v) is 1.68. The summed E-state index contributed by atoms with van der Waals surface area (Å²) < 4.78 is 3.97. The van der Waals surface area contributed by atoms with E-state index in [4.69, 9.17) is 5.26 Å². The number of rotatable bonds is 1. The Morgan fingerprint density at radius 2 is 1.53 bits per heavy atom. The van der Waals surface area contributed by atoms with Crippen molar-refractivity contribution in [1.82, 2.24) is 0 Å². The van der Waals surface area contributed by atoms with Crippen LogP contribution in [-0.4, -0.2) is 11.9 Å². The molecule has 0 N–H and O–H groups in total. The summed E-state index contributed by atoms with van der Waals surface area (Å²) in [5, 5.41) is 7.51. The number of carbonyl (C=O) groups excluding carboxylic acids is 2. The second-order valence-electron chi connectivity index (χ2n) is 3.02. The Hall–Kier alpha value is -2.93. The first-order valence-electron chi connectivity index (χ1n) is 5.26. The van der Waals surface area contributed by atoms with Gasteiger partial charge in [-0.2, -0.15) is 5.26 Å². The van der Waals surface area contributed by atoms with Gasteiger partial charge in [0, 0.05) is 18.2 Å². The third kappa shape index (κ3) is 8.83. The van der Waals surface area contributed by atoms with Crippen LogP contribution in [0.4, 0.5) is 0 Å². The summed E-state index contributed by atoms with van der Waals surface area (Å²) in [7, 11) is 0. The van der Waals surface area contributed by atoms with Crippen LogP contribution in [0, 0.1) is 11.3 Å². The SMILES string of the molecule is C=CC#N.C=Cc1ccccc1.O=C1C=CC(=O)O1. The Kier molecular flexibility index (Phi) is 8.66. The van der Waals surface area contributed by atoms with Gasteiger partial charge in [0.15, 0.2) is 0 Å². The molecule has 4 nitrogen and oxygen atoms in total. The van der Waals surface area contributed by atoms with Gasteiger partial charge in [-0.1, -0.05) is 49.6 Å². The van der Waals surface area contributed by atoms with Crippen LogP contribution < -0.4 is 0 Å². The second kappa shape index (κ2) is 10.2. The van der Waals surface area contributed by atoms with Crippen molar-refractivity contribution >= 4 is 18.0 Å². The highest BCUT2D eigenvalue weighted by molar-refractivity contribution is 6.04. The highest BCUT2D eigenvalue weighted by Gasteiger charge is 2.10. The summed E-state index contributed by atoms with van der Waals surface area (Å²) in [5.74, 6) is -1.16. The molecule has 0 aromatic heterocycles. The predicted molar refractivity (Wildman–Crippen MR) is 72.6 cm³/mol. The zero-order chi connectivity index (χ0) is 14.5. The first-order chi connectivity index (χ1) is 9.13. The van der Waals surface area contributed by atoms with Crippen LogP contribution in [0.2, 0.25) is 0 Å². The smallest absolute Gasteiger partial charge is 0.338 e. The van der Waals surface area contributed by atoms with Crippen LogP contribution in [0.25, 0.3) is 6.08 Å². The first kappa shape index (κ1) is 16.1. The number of cyclic esters (lactones) is 2. The number of hydrogen-bond acceptors (Lipinski definition) is 4. The highest BCUT2D eigenvalue weighted by atomic mass is 16.6. The molecule has 96 valence electrons. The number of carbonyl (C=O) groups is 2. The molecule has 4 heteroatoms. The van der Waals surface area contributed by atoms with E-state index in [1.807, 2.05) is 36.4 Å². The average molecular weight is 255 g/mol. The van der Waals surface area contributed by atoms with Gasteiger partial charge in [0.2, 0.25) is 0 Å². The lowest BCUT2D eigenvalue weighted by Gasteiger charge is -1.85. The van der Waals surface area contributed by atoms with Crippen molar-refractivity contribution in [1.29, 1.82) is 5.26 Å². The monoisotopic (exact) mass is 255 g/mol. The predicted octanol–water partition coefficient (Wildman–Crippen LogP) is 2.65. The van der Waals surface area contributed by atoms with Gasteiger partial charge in [0.05, 0.1) is 6.07 Å². The Morgan fingerprint density at radius 1 is 1.05 bits per heavy atom. The molecule has 0 fully saturated rings. The molecule has 0 unspecified atom stereocenters. The van der Waals surface area contributed by atoms with Gasteiger partial charge in [-0.25, -0.2) is 9.59 Å². The Bertz CT molecular complexity index is 494. The molecule has 2 rings (SSSR count). The molecule has 1 aliphatic rings. The molecule has 0 atom stereocenters. The van der Waals surface area contributed by atoms with Gasteiger partial charge >= 0.3 is 11.9 Å². The number of ether oxygens (including phenoxy) is 1. The number of hydrogen-bond donors (Lipinski definition) is 0. The standard InChI is InChI=1S/C8H8.C4H2O3.C3H3N/c1-2-8-6-4-3-5-7-8;5-3-1-2-4(6)7-3;1-2-3-4/h2-7H,1H2;1-2H;2H,1H2. The number of allylic oxidation sites excluding steroid dienone is 1. The molecule has 0 radical (unpaired) electrons. The van der Waals surface area contributed by atoms with E-state index in [1.165, 1.54) is 11.6 Å². The van der Waals surface area contributed by atoms with E-state index in [2.05, 4.69) is 17.9 Å². The molecule has 1 aromatic carbocycles. The minimum atomic E-state index is -0.579. The topological polar surface area (TPSA) is 67.2 Å². The van der Waals surface area contributed by atoms with E-state index < -0.39 is 11.9 Å². The lowest BCUT2D eigenvalue weighted by molar-refractivity contribution is -0.150. The van der Waals surface area contributed by atoms with Crippen LogP contribution in [0.3, 0.4) is 0 Å². The first-order valence-corrected chi connectivity index (χ1v) is 5.26. The Labute approximate surface area is 111 Å². The van der Waals surface area contributed by atoms with E-state index in [-0.39, 0.29) is 0 Å². The summed E-state index contributed by atoms with van der Waals surface area (Å²) in [6.07, 6.45) is 5.19. The largest absolute Gasteiger partial charge is 0.387 e. The summed E-state index contributed by atoms with van der Waals surface area (Å²) >= 11 is 0. The molecular weight excluding hydrogens is 242 g/mol. The summed E-state index contributed by atoms with van der Waals surface area (Å²) in [5.41, 5.74) is 1.17. The van der Waals surface area contributed by atoms with Crippen molar-refractivity contribution in [2.24, 2.45) is 0 Å². The molecule has 0 spiro atoms. The maximum atomic E-state index is 9.92. The molecule has 19 heavy (non-hydrogen) atoms. The fourth-order valence-corrected chi connectivity index (χ4v) is 0.892. The Balaban J connectivity index is 0.000000272. The fraction of sp³-hybridized carbons (Fsp3) is 0. The van der Waals surface area contributed by atoms with Crippen molar-refractivity contribution in [3.8, 4) is 6.07 Å². The molecular formula is C15H13NO3. The minimum Gasteiger partial charge on any atom is -0.387 e. The molecule has 0 bridgehead atoms. The normalized spacial score (nSPS) is 10.9. The maximum absolute atomic E-state index is 9.92. The lowest BCUT2D eigenvalue weighted by Crippen LogP contribution is -1.96. The second-order valence-corrected chi connectivity index (χ2v) is 3.02. The van der Waals surface area contributed by atoms with Crippen LogP contribution in [0.1, 0.15) is 5.56 Å². The minimum absolute atomic E-state index is 0.579. The van der Waals surface area contributed by atoms with E-state index in [0.717, 1.165) is 12.2 Å².